The smallest absolute Gasteiger partial charge is 0.271 e. The first-order valence-electron chi connectivity index (χ1n) is 4.82. The van der Waals surface area contributed by atoms with Crippen LogP contribution in [0.5, 0.6) is 0 Å². The van der Waals surface area contributed by atoms with E-state index in [4.69, 9.17) is 0 Å². The Labute approximate surface area is 92.8 Å². The van der Waals surface area contributed by atoms with Crippen molar-refractivity contribution in [2.45, 2.75) is 6.42 Å². The molecule has 0 aromatic carbocycles. The van der Waals surface area contributed by atoms with Crippen LogP contribution in [0.25, 0.3) is 0 Å². The molecule has 0 fully saturated rings. The monoisotopic (exact) mass is 217 g/mol. The van der Waals surface area contributed by atoms with Gasteiger partial charge in [0, 0.05) is 18.2 Å². The van der Waals surface area contributed by atoms with Gasteiger partial charge in [0.15, 0.2) is 0 Å². The molecule has 2 aliphatic rings. The van der Waals surface area contributed by atoms with E-state index in [1.807, 2.05) is 18.2 Å². The Kier molecular flexibility index (Phi) is 3.07. The van der Waals surface area contributed by atoms with E-state index in [1.54, 1.807) is 12.3 Å². The predicted molar refractivity (Wildman–Crippen MR) is 61.0 cm³/mol. The third-order valence-corrected chi connectivity index (χ3v) is 2.25. The van der Waals surface area contributed by atoms with Gasteiger partial charge in [-0.1, -0.05) is 18.2 Å². The minimum Gasteiger partial charge on any atom is -0.277 e. The number of nitrogens with one attached hydrogen (secondary N) is 1. The van der Waals surface area contributed by atoms with Gasteiger partial charge in [-0.3, -0.25) is 9.63 Å². The lowest BCUT2D eigenvalue weighted by Crippen LogP contribution is -2.26. The van der Waals surface area contributed by atoms with Crippen molar-refractivity contribution >= 4 is 17.8 Å². The van der Waals surface area contributed by atoms with E-state index in [9.17, 15) is 4.79 Å². The Hall–Kier alpha value is -2.01. The number of hydroxylamine groups is 1. The molecule has 1 aliphatic heterocycles. The van der Waals surface area contributed by atoms with Crippen molar-refractivity contribution in [3.63, 3.8) is 0 Å². The summed E-state index contributed by atoms with van der Waals surface area (Å²) in [5.74, 6) is -0.252. The molecule has 0 spiro atoms. The molecule has 1 aliphatic carbocycles. The summed E-state index contributed by atoms with van der Waals surface area (Å²) in [6.07, 6.45) is 9.41. The normalized spacial score (nSPS) is 17.9. The first-order valence-corrected chi connectivity index (χ1v) is 4.82. The minimum atomic E-state index is -0.252. The van der Waals surface area contributed by atoms with Crippen LogP contribution in [0.4, 0.5) is 0 Å². The van der Waals surface area contributed by atoms with Gasteiger partial charge in [-0.05, 0) is 11.6 Å². The lowest BCUT2D eigenvalue weighted by atomic mass is 9.95. The van der Waals surface area contributed by atoms with Crippen LogP contribution < -0.4 is 5.48 Å². The van der Waals surface area contributed by atoms with E-state index >= 15 is 0 Å². The van der Waals surface area contributed by atoms with Crippen molar-refractivity contribution in [2.75, 3.05) is 7.11 Å². The van der Waals surface area contributed by atoms with Gasteiger partial charge in [-0.2, -0.15) is 10.2 Å². The number of rotatable bonds is 2. The van der Waals surface area contributed by atoms with E-state index in [1.165, 1.54) is 7.11 Å². The molecule has 0 aromatic heterocycles. The number of allylic oxidation sites excluding steroid dienone is 5. The fraction of sp³-hybridized carbons (Fsp3) is 0.182. The van der Waals surface area contributed by atoms with Crippen LogP contribution in [-0.4, -0.2) is 24.9 Å². The van der Waals surface area contributed by atoms with Crippen LogP contribution in [0, 0.1) is 0 Å². The summed E-state index contributed by atoms with van der Waals surface area (Å²) in [7, 11) is 1.40. The van der Waals surface area contributed by atoms with Crippen molar-refractivity contribution in [1.29, 1.82) is 0 Å². The van der Waals surface area contributed by atoms with Crippen LogP contribution in [-0.2, 0) is 9.63 Å². The van der Waals surface area contributed by atoms with E-state index in [-0.39, 0.29) is 5.91 Å². The second kappa shape index (κ2) is 4.67. The van der Waals surface area contributed by atoms with Crippen LogP contribution in [0.2, 0.25) is 0 Å². The van der Waals surface area contributed by atoms with Crippen molar-refractivity contribution in [2.24, 2.45) is 10.2 Å². The SMILES string of the molecule is CONC(=O)C1=CC=C2C=CC=NN=C2C1. The molecule has 1 N–H and O–H groups in total. The highest BCUT2D eigenvalue weighted by molar-refractivity contribution is 6.11. The highest BCUT2D eigenvalue weighted by Crippen LogP contribution is 2.18. The molecule has 82 valence electrons. The van der Waals surface area contributed by atoms with Gasteiger partial charge in [0.2, 0.25) is 0 Å². The van der Waals surface area contributed by atoms with Crippen LogP contribution >= 0.6 is 0 Å². The third-order valence-electron chi connectivity index (χ3n) is 2.25. The van der Waals surface area contributed by atoms with Gasteiger partial charge in [-0.25, -0.2) is 5.48 Å². The molecular formula is C11H11N3O2. The van der Waals surface area contributed by atoms with Crippen molar-refractivity contribution in [3.05, 3.63) is 35.5 Å². The molecule has 0 bridgehead atoms. The summed E-state index contributed by atoms with van der Waals surface area (Å²) < 4.78 is 0. The quantitative estimate of drug-likeness (QED) is 0.699. The van der Waals surface area contributed by atoms with E-state index in [2.05, 4.69) is 20.5 Å². The summed E-state index contributed by atoms with van der Waals surface area (Å²) >= 11 is 0. The summed E-state index contributed by atoms with van der Waals surface area (Å²) in [4.78, 5) is 16.1. The summed E-state index contributed by atoms with van der Waals surface area (Å²) in [5.41, 5.74) is 4.65. The molecule has 0 atom stereocenters. The maximum atomic E-state index is 11.5. The average molecular weight is 217 g/mol. The number of hydrogen-bond donors (Lipinski definition) is 1. The number of hydrogen-bond acceptors (Lipinski definition) is 4. The molecule has 16 heavy (non-hydrogen) atoms. The number of carbonyl (C=O) groups excluding carboxylic acids is 1. The first kappa shape index (κ1) is 10.5. The molecular weight excluding hydrogens is 206 g/mol. The largest absolute Gasteiger partial charge is 0.277 e. The molecule has 0 unspecified atom stereocenters. The Morgan fingerprint density at radius 3 is 3.19 bits per heavy atom. The fourth-order valence-corrected chi connectivity index (χ4v) is 1.48. The predicted octanol–water partition coefficient (Wildman–Crippen LogP) is 0.917. The zero-order valence-electron chi connectivity index (χ0n) is 8.80. The molecule has 5 nitrogen and oxygen atoms in total. The fourth-order valence-electron chi connectivity index (χ4n) is 1.48. The molecule has 2 rings (SSSR count). The lowest BCUT2D eigenvalue weighted by molar-refractivity contribution is -0.127. The molecule has 0 saturated heterocycles. The van der Waals surface area contributed by atoms with Crippen LogP contribution in [0.1, 0.15) is 6.42 Å². The molecule has 0 saturated carbocycles. The highest BCUT2D eigenvalue weighted by atomic mass is 16.6. The number of amides is 1. The van der Waals surface area contributed by atoms with Crippen LogP contribution in [0.15, 0.2) is 45.7 Å². The summed E-state index contributed by atoms with van der Waals surface area (Å²) in [6.45, 7) is 0. The van der Waals surface area contributed by atoms with E-state index in [0.717, 1.165) is 11.3 Å². The molecule has 0 radical (unpaired) electrons. The Bertz CT molecular complexity index is 456. The molecule has 5 heteroatoms. The molecule has 1 heterocycles. The standard InChI is InChI=1S/C11H11N3O2/c1-16-14-11(15)9-5-4-8-3-2-6-12-13-10(8)7-9/h2-6H,7H2,1H3,(H,14,15). The van der Waals surface area contributed by atoms with Crippen molar-refractivity contribution in [1.82, 2.24) is 5.48 Å². The Morgan fingerprint density at radius 1 is 1.50 bits per heavy atom. The molecule has 0 aromatic rings. The van der Waals surface area contributed by atoms with Gasteiger partial charge < -0.3 is 0 Å². The number of fused-ring (bicyclic) bond motifs is 1. The highest BCUT2D eigenvalue weighted by Gasteiger charge is 2.18. The third kappa shape index (κ3) is 2.14. The van der Waals surface area contributed by atoms with Gasteiger partial charge in [-0.15, -0.1) is 0 Å². The van der Waals surface area contributed by atoms with E-state index < -0.39 is 0 Å². The Morgan fingerprint density at radius 2 is 2.38 bits per heavy atom. The average Bonchev–Trinajstić information content (AvgIpc) is 2.53. The van der Waals surface area contributed by atoms with Gasteiger partial charge in [0.05, 0.1) is 12.8 Å². The van der Waals surface area contributed by atoms with Crippen molar-refractivity contribution < 1.29 is 9.63 Å². The zero-order valence-corrected chi connectivity index (χ0v) is 8.80. The maximum absolute atomic E-state index is 11.5. The number of nitrogens with zero attached hydrogens (tertiary/aromatic N) is 2. The van der Waals surface area contributed by atoms with Crippen LogP contribution in [0.3, 0.4) is 0 Å². The summed E-state index contributed by atoms with van der Waals surface area (Å²) in [5, 5.41) is 7.87. The maximum Gasteiger partial charge on any atom is 0.271 e. The lowest BCUT2D eigenvalue weighted by Gasteiger charge is -2.12. The Balaban J connectivity index is 2.23. The van der Waals surface area contributed by atoms with Gasteiger partial charge >= 0.3 is 0 Å². The topological polar surface area (TPSA) is 63.0 Å². The van der Waals surface area contributed by atoms with E-state index in [0.29, 0.717) is 12.0 Å². The first-order chi connectivity index (χ1) is 7.81. The van der Waals surface area contributed by atoms with Gasteiger partial charge in [0.1, 0.15) is 0 Å². The second-order valence-corrected chi connectivity index (χ2v) is 3.30. The summed E-state index contributed by atoms with van der Waals surface area (Å²) in [6, 6.07) is 0. The zero-order chi connectivity index (χ0) is 11.4. The second-order valence-electron chi connectivity index (χ2n) is 3.30. The molecule has 1 amide bonds. The van der Waals surface area contributed by atoms with Gasteiger partial charge in [0.25, 0.3) is 5.91 Å². The number of carbonyl (C=O) groups is 1. The minimum absolute atomic E-state index is 0.252. The van der Waals surface area contributed by atoms with Crippen molar-refractivity contribution in [3.8, 4) is 0 Å².